The number of piperidine rings is 1. The number of nitrogens with one attached hydrogen (secondary N) is 1. The highest BCUT2D eigenvalue weighted by Crippen LogP contribution is 2.30. The van der Waals surface area contributed by atoms with Crippen molar-refractivity contribution in [3.05, 3.63) is 23.8 Å². The summed E-state index contributed by atoms with van der Waals surface area (Å²) in [7, 11) is 0. The van der Waals surface area contributed by atoms with Crippen LogP contribution < -0.4 is 16.0 Å². The lowest BCUT2D eigenvalue weighted by molar-refractivity contribution is -0.119. The third-order valence-electron chi connectivity index (χ3n) is 4.12. The summed E-state index contributed by atoms with van der Waals surface area (Å²) in [6.07, 6.45) is 5.08. The molecule has 1 aromatic carbocycles. The topological polar surface area (TPSA) is 58.4 Å². The lowest BCUT2D eigenvalue weighted by Gasteiger charge is -2.34. The molecule has 4 nitrogen and oxygen atoms in total. The van der Waals surface area contributed by atoms with E-state index < -0.39 is 0 Å². The van der Waals surface area contributed by atoms with E-state index in [1.54, 1.807) is 0 Å². The van der Waals surface area contributed by atoms with E-state index in [1.807, 2.05) is 23.1 Å². The predicted octanol–water partition coefficient (Wildman–Crippen LogP) is 1.69. The van der Waals surface area contributed by atoms with E-state index in [9.17, 15) is 4.79 Å². The number of carbonyl (C=O) groups is 1. The number of amides is 1. The summed E-state index contributed by atoms with van der Waals surface area (Å²) >= 11 is 0. The van der Waals surface area contributed by atoms with E-state index in [-0.39, 0.29) is 5.91 Å². The van der Waals surface area contributed by atoms with Crippen molar-refractivity contribution < 1.29 is 4.79 Å². The van der Waals surface area contributed by atoms with Crippen LogP contribution in [0.4, 0.5) is 11.4 Å². The third-order valence-corrected chi connectivity index (χ3v) is 4.12. The molecule has 0 spiro atoms. The summed E-state index contributed by atoms with van der Waals surface area (Å²) in [6, 6.07) is 6.31. The van der Waals surface area contributed by atoms with Gasteiger partial charge < -0.3 is 16.0 Å². The summed E-state index contributed by atoms with van der Waals surface area (Å²) in [5, 5.41) is 3.51. The van der Waals surface area contributed by atoms with Gasteiger partial charge in [-0.1, -0.05) is 6.42 Å². The molecular formula is C15H21N3O. The number of nitrogen functional groups attached to an aromatic ring is 1. The largest absolute Gasteiger partial charge is 0.399 e. The van der Waals surface area contributed by atoms with Crippen LogP contribution in [0.25, 0.3) is 0 Å². The fourth-order valence-corrected chi connectivity index (χ4v) is 3.08. The first kappa shape index (κ1) is 12.5. The molecule has 2 aliphatic heterocycles. The minimum atomic E-state index is 0.240. The van der Waals surface area contributed by atoms with Crippen molar-refractivity contribution in [3.63, 3.8) is 0 Å². The van der Waals surface area contributed by atoms with Crippen LogP contribution in [0.15, 0.2) is 18.2 Å². The fourth-order valence-electron chi connectivity index (χ4n) is 3.08. The second-order valence-electron chi connectivity index (χ2n) is 5.54. The number of hydrogen-bond acceptors (Lipinski definition) is 3. The molecule has 19 heavy (non-hydrogen) atoms. The highest BCUT2D eigenvalue weighted by atomic mass is 16.2. The predicted molar refractivity (Wildman–Crippen MR) is 77.2 cm³/mol. The highest BCUT2D eigenvalue weighted by Gasteiger charge is 2.27. The van der Waals surface area contributed by atoms with Crippen molar-refractivity contribution in [3.8, 4) is 0 Å². The van der Waals surface area contributed by atoms with Gasteiger partial charge in [-0.15, -0.1) is 0 Å². The first-order valence-corrected chi connectivity index (χ1v) is 7.16. The number of benzene rings is 1. The van der Waals surface area contributed by atoms with Gasteiger partial charge in [-0.05, 0) is 49.6 Å². The molecule has 3 N–H and O–H groups in total. The van der Waals surface area contributed by atoms with E-state index >= 15 is 0 Å². The SMILES string of the molecule is Nc1ccc2c(c1)CCC(=O)N2CC1CCCCN1. The molecule has 102 valence electrons. The number of fused-ring (bicyclic) bond motifs is 1. The zero-order chi connectivity index (χ0) is 13.2. The van der Waals surface area contributed by atoms with Crippen LogP contribution in [-0.4, -0.2) is 25.0 Å². The van der Waals surface area contributed by atoms with Crippen molar-refractivity contribution in [2.45, 2.75) is 38.1 Å². The van der Waals surface area contributed by atoms with Gasteiger partial charge in [0.15, 0.2) is 0 Å². The maximum absolute atomic E-state index is 12.2. The number of anilines is 2. The minimum Gasteiger partial charge on any atom is -0.399 e. The first-order chi connectivity index (χ1) is 9.24. The van der Waals surface area contributed by atoms with Gasteiger partial charge in [0.05, 0.1) is 0 Å². The monoisotopic (exact) mass is 259 g/mol. The van der Waals surface area contributed by atoms with E-state index in [0.29, 0.717) is 12.5 Å². The summed E-state index contributed by atoms with van der Waals surface area (Å²) in [5.41, 5.74) is 8.87. The molecule has 1 atom stereocenters. The van der Waals surface area contributed by atoms with E-state index in [2.05, 4.69) is 5.32 Å². The number of nitrogens with zero attached hydrogens (tertiary/aromatic N) is 1. The highest BCUT2D eigenvalue weighted by molar-refractivity contribution is 5.96. The molecule has 1 unspecified atom stereocenters. The van der Waals surface area contributed by atoms with Gasteiger partial charge in [0.25, 0.3) is 0 Å². The van der Waals surface area contributed by atoms with Crippen LogP contribution in [0.1, 0.15) is 31.2 Å². The van der Waals surface area contributed by atoms with Crippen molar-refractivity contribution in [1.29, 1.82) is 0 Å². The lowest BCUT2D eigenvalue weighted by atomic mass is 9.98. The number of hydrogen-bond donors (Lipinski definition) is 2. The zero-order valence-electron chi connectivity index (χ0n) is 11.2. The zero-order valence-corrected chi connectivity index (χ0v) is 11.2. The second kappa shape index (κ2) is 5.21. The third kappa shape index (κ3) is 2.59. The molecule has 2 heterocycles. The van der Waals surface area contributed by atoms with Gasteiger partial charge >= 0.3 is 0 Å². The molecule has 0 saturated carbocycles. The summed E-state index contributed by atoms with van der Waals surface area (Å²) in [5.74, 6) is 0.240. The maximum Gasteiger partial charge on any atom is 0.227 e. The molecule has 1 fully saturated rings. The molecule has 0 aliphatic carbocycles. The van der Waals surface area contributed by atoms with Crippen LogP contribution in [0, 0.1) is 0 Å². The van der Waals surface area contributed by atoms with Gasteiger partial charge in [0, 0.05) is 30.4 Å². The molecule has 3 rings (SSSR count). The summed E-state index contributed by atoms with van der Waals surface area (Å²) in [4.78, 5) is 14.1. The van der Waals surface area contributed by atoms with Crippen molar-refractivity contribution in [2.24, 2.45) is 0 Å². The average Bonchev–Trinajstić information content (AvgIpc) is 2.43. The molecule has 1 saturated heterocycles. The Morgan fingerprint density at radius 2 is 2.21 bits per heavy atom. The minimum absolute atomic E-state index is 0.240. The van der Waals surface area contributed by atoms with Crippen molar-refractivity contribution >= 4 is 17.3 Å². The molecule has 2 aliphatic rings. The van der Waals surface area contributed by atoms with Crippen LogP contribution in [0.3, 0.4) is 0 Å². The Morgan fingerprint density at radius 1 is 1.32 bits per heavy atom. The van der Waals surface area contributed by atoms with Gasteiger partial charge in [-0.2, -0.15) is 0 Å². The smallest absolute Gasteiger partial charge is 0.227 e. The molecule has 4 heteroatoms. The average molecular weight is 259 g/mol. The van der Waals surface area contributed by atoms with Crippen LogP contribution in [-0.2, 0) is 11.2 Å². The molecule has 1 amide bonds. The Hall–Kier alpha value is -1.55. The lowest BCUT2D eigenvalue weighted by Crippen LogP contribution is -2.47. The Labute approximate surface area is 114 Å². The van der Waals surface area contributed by atoms with E-state index in [1.165, 1.54) is 18.4 Å². The standard InChI is InChI=1S/C15H21N3O/c16-12-5-6-14-11(9-12)4-7-15(19)18(14)10-13-3-1-2-8-17-13/h5-6,9,13,17H,1-4,7-8,10,16H2. The Kier molecular flexibility index (Phi) is 3.42. The molecule has 0 bridgehead atoms. The fraction of sp³-hybridized carbons (Fsp3) is 0.533. The normalized spacial score (nSPS) is 23.3. The summed E-state index contributed by atoms with van der Waals surface area (Å²) in [6.45, 7) is 1.86. The number of carbonyl (C=O) groups excluding carboxylic acids is 1. The van der Waals surface area contributed by atoms with E-state index in [0.717, 1.165) is 37.3 Å². The quantitative estimate of drug-likeness (QED) is 0.795. The molecule has 0 radical (unpaired) electrons. The Bertz CT molecular complexity index is 480. The van der Waals surface area contributed by atoms with Gasteiger partial charge in [-0.25, -0.2) is 0 Å². The van der Waals surface area contributed by atoms with E-state index in [4.69, 9.17) is 5.73 Å². The van der Waals surface area contributed by atoms with Crippen LogP contribution in [0.5, 0.6) is 0 Å². The Balaban J connectivity index is 1.82. The van der Waals surface area contributed by atoms with Gasteiger partial charge in [0.2, 0.25) is 5.91 Å². The number of nitrogens with two attached hydrogens (primary N) is 1. The molecule has 1 aromatic rings. The van der Waals surface area contributed by atoms with Crippen LogP contribution >= 0.6 is 0 Å². The molecule has 0 aromatic heterocycles. The first-order valence-electron chi connectivity index (χ1n) is 7.16. The molecular weight excluding hydrogens is 238 g/mol. The van der Waals surface area contributed by atoms with Gasteiger partial charge in [0.1, 0.15) is 0 Å². The summed E-state index contributed by atoms with van der Waals surface area (Å²) < 4.78 is 0. The maximum atomic E-state index is 12.2. The second-order valence-corrected chi connectivity index (χ2v) is 5.54. The Morgan fingerprint density at radius 3 is 3.00 bits per heavy atom. The van der Waals surface area contributed by atoms with Crippen molar-refractivity contribution in [1.82, 2.24) is 5.32 Å². The number of rotatable bonds is 2. The number of aryl methyl sites for hydroxylation is 1. The van der Waals surface area contributed by atoms with Crippen molar-refractivity contribution in [2.75, 3.05) is 23.7 Å². The van der Waals surface area contributed by atoms with Gasteiger partial charge in [-0.3, -0.25) is 4.79 Å². The van der Waals surface area contributed by atoms with Crippen LogP contribution in [0.2, 0.25) is 0 Å².